The fourth-order valence-electron chi connectivity index (χ4n) is 4.49. The molecule has 0 unspecified atom stereocenters. The molecule has 0 bridgehead atoms. The minimum Gasteiger partial charge on any atom is -0.399 e. The number of hydrogen-bond acceptors (Lipinski definition) is 3. The SMILES string of the molecule is Cn1ccc2cc(N)cc(C3CC3)c21.Cn1ccc2cc([N+](=O)[O-])cc(C3CC3)c21. The number of rotatable bonds is 3. The summed E-state index contributed by atoms with van der Waals surface area (Å²) >= 11 is 0. The highest BCUT2D eigenvalue weighted by molar-refractivity contribution is 5.88. The number of aryl methyl sites for hydroxylation is 2. The third-order valence-corrected chi connectivity index (χ3v) is 6.25. The number of aromatic nitrogens is 2. The Hall–Kier alpha value is -3.28. The minimum absolute atomic E-state index is 0.209. The molecule has 0 radical (unpaired) electrons. The second-order valence-corrected chi connectivity index (χ2v) is 8.68. The Labute approximate surface area is 175 Å². The van der Waals surface area contributed by atoms with Crippen LogP contribution in [-0.2, 0) is 14.1 Å². The largest absolute Gasteiger partial charge is 0.399 e. The van der Waals surface area contributed by atoms with Gasteiger partial charge in [0.05, 0.1) is 16.0 Å². The quantitative estimate of drug-likeness (QED) is 0.275. The number of nitrogens with zero attached hydrogens (tertiary/aromatic N) is 3. The van der Waals surface area contributed by atoms with E-state index in [2.05, 4.69) is 36.0 Å². The molecule has 2 aliphatic carbocycles. The standard InChI is InChI=1S/C12H12N2O2.C12H14N2/c1-13-5-4-9-6-10(14(15)16)7-11(12(9)13)8-2-3-8;1-14-5-4-9-6-10(13)7-11(12(9)14)8-2-3-8/h4-8H,2-3H2,1H3;4-8H,2-3,13H2,1H3. The first-order chi connectivity index (χ1) is 14.4. The Morgan fingerprint density at radius 2 is 1.37 bits per heavy atom. The Kier molecular flexibility index (Phi) is 4.31. The zero-order valence-electron chi connectivity index (χ0n) is 17.3. The van der Waals surface area contributed by atoms with Crippen molar-refractivity contribution in [3.8, 4) is 0 Å². The lowest BCUT2D eigenvalue weighted by molar-refractivity contribution is -0.384. The lowest BCUT2D eigenvalue weighted by Crippen LogP contribution is -1.94. The molecule has 30 heavy (non-hydrogen) atoms. The van der Waals surface area contributed by atoms with E-state index in [0.29, 0.717) is 5.92 Å². The zero-order chi connectivity index (χ0) is 21.0. The average Bonchev–Trinajstić information content (AvgIpc) is 3.64. The van der Waals surface area contributed by atoms with Crippen LogP contribution in [0.1, 0.15) is 48.6 Å². The first-order valence-corrected chi connectivity index (χ1v) is 10.5. The highest BCUT2D eigenvalue weighted by Gasteiger charge is 2.28. The fraction of sp³-hybridized carbons (Fsp3) is 0.333. The number of nitrogen functional groups attached to an aromatic ring is 1. The van der Waals surface area contributed by atoms with Gasteiger partial charge in [-0.25, -0.2) is 0 Å². The van der Waals surface area contributed by atoms with Gasteiger partial charge in [0.1, 0.15) is 0 Å². The van der Waals surface area contributed by atoms with Crippen molar-refractivity contribution in [2.24, 2.45) is 14.1 Å². The van der Waals surface area contributed by atoms with Gasteiger partial charge < -0.3 is 14.9 Å². The summed E-state index contributed by atoms with van der Waals surface area (Å²) < 4.78 is 4.25. The Morgan fingerprint density at radius 1 is 0.867 bits per heavy atom. The molecule has 2 aromatic heterocycles. The minimum atomic E-state index is -0.307. The zero-order valence-corrected chi connectivity index (χ0v) is 17.3. The van der Waals surface area contributed by atoms with Crippen LogP contribution in [0.3, 0.4) is 0 Å². The number of hydrogen-bond donors (Lipinski definition) is 1. The molecule has 0 spiro atoms. The van der Waals surface area contributed by atoms with Crippen molar-refractivity contribution in [3.63, 3.8) is 0 Å². The molecule has 0 aliphatic heterocycles. The molecule has 6 nitrogen and oxygen atoms in total. The van der Waals surface area contributed by atoms with Gasteiger partial charge in [0.15, 0.2) is 0 Å². The normalized spacial score (nSPS) is 15.9. The number of fused-ring (bicyclic) bond motifs is 2. The van der Waals surface area contributed by atoms with Crippen molar-refractivity contribution < 1.29 is 4.92 Å². The van der Waals surface area contributed by atoms with Gasteiger partial charge in [0.2, 0.25) is 0 Å². The highest BCUT2D eigenvalue weighted by Crippen LogP contribution is 2.45. The molecule has 0 amide bonds. The maximum absolute atomic E-state index is 10.8. The predicted molar refractivity (Wildman–Crippen MR) is 121 cm³/mol. The highest BCUT2D eigenvalue weighted by atomic mass is 16.6. The van der Waals surface area contributed by atoms with Gasteiger partial charge >= 0.3 is 0 Å². The van der Waals surface area contributed by atoms with Gasteiger partial charge in [-0.15, -0.1) is 0 Å². The summed E-state index contributed by atoms with van der Waals surface area (Å²) in [7, 11) is 4.09. The van der Waals surface area contributed by atoms with Gasteiger partial charge in [-0.2, -0.15) is 0 Å². The summed E-state index contributed by atoms with van der Waals surface area (Å²) in [4.78, 5) is 10.5. The second-order valence-electron chi connectivity index (χ2n) is 8.68. The first-order valence-electron chi connectivity index (χ1n) is 10.5. The fourth-order valence-corrected chi connectivity index (χ4v) is 4.49. The van der Waals surface area contributed by atoms with Gasteiger partial charge in [0.25, 0.3) is 5.69 Å². The Balaban J connectivity index is 0.000000130. The number of benzene rings is 2. The Bertz CT molecular complexity index is 1280. The molecule has 2 saturated carbocycles. The summed E-state index contributed by atoms with van der Waals surface area (Å²) in [5.74, 6) is 1.28. The number of nitro groups is 1. The molecule has 6 rings (SSSR count). The topological polar surface area (TPSA) is 79.0 Å². The van der Waals surface area contributed by atoms with E-state index in [9.17, 15) is 10.1 Å². The lowest BCUT2D eigenvalue weighted by atomic mass is 10.1. The summed E-state index contributed by atoms with van der Waals surface area (Å²) in [5, 5.41) is 13.1. The summed E-state index contributed by atoms with van der Waals surface area (Å²) in [5.41, 5.74) is 12.1. The molecule has 154 valence electrons. The van der Waals surface area contributed by atoms with Crippen molar-refractivity contribution in [3.05, 3.63) is 70.0 Å². The van der Waals surface area contributed by atoms with E-state index in [-0.39, 0.29) is 10.6 Å². The lowest BCUT2D eigenvalue weighted by Gasteiger charge is -2.06. The maximum Gasteiger partial charge on any atom is 0.270 e. The van der Waals surface area contributed by atoms with Crippen molar-refractivity contribution in [2.45, 2.75) is 37.5 Å². The predicted octanol–water partition coefficient (Wildman–Crippen LogP) is 5.60. The monoisotopic (exact) mass is 402 g/mol. The number of anilines is 1. The molecule has 2 heterocycles. The van der Waals surface area contributed by atoms with E-state index in [1.165, 1.54) is 29.3 Å². The summed E-state index contributed by atoms with van der Waals surface area (Å²) in [6, 6.07) is 11.7. The molecule has 0 saturated heterocycles. The summed E-state index contributed by atoms with van der Waals surface area (Å²) in [6.45, 7) is 0. The second kappa shape index (κ2) is 6.90. The van der Waals surface area contributed by atoms with Crippen molar-refractivity contribution in [2.75, 3.05) is 5.73 Å². The smallest absolute Gasteiger partial charge is 0.270 e. The van der Waals surface area contributed by atoms with Crippen LogP contribution in [0.4, 0.5) is 11.4 Å². The van der Waals surface area contributed by atoms with Gasteiger partial charge in [-0.3, -0.25) is 10.1 Å². The van der Waals surface area contributed by atoms with Crippen LogP contribution in [-0.4, -0.2) is 14.1 Å². The molecular weight excluding hydrogens is 376 g/mol. The van der Waals surface area contributed by atoms with Crippen molar-refractivity contribution >= 4 is 33.2 Å². The van der Waals surface area contributed by atoms with Gasteiger partial charge in [-0.1, -0.05) is 0 Å². The molecule has 4 aromatic rings. The Morgan fingerprint density at radius 3 is 1.87 bits per heavy atom. The summed E-state index contributed by atoms with van der Waals surface area (Å²) in [6.07, 6.45) is 9.02. The van der Waals surface area contributed by atoms with Gasteiger partial charge in [0, 0.05) is 55.1 Å². The average molecular weight is 402 g/mol. The third-order valence-electron chi connectivity index (χ3n) is 6.25. The molecular formula is C24H26N4O2. The van der Waals surface area contributed by atoms with Crippen molar-refractivity contribution in [1.29, 1.82) is 0 Å². The van der Waals surface area contributed by atoms with Crippen LogP contribution >= 0.6 is 0 Å². The van der Waals surface area contributed by atoms with E-state index < -0.39 is 0 Å². The third kappa shape index (κ3) is 3.32. The van der Waals surface area contributed by atoms with E-state index in [4.69, 9.17) is 5.73 Å². The number of nitrogens with two attached hydrogens (primary N) is 1. The van der Waals surface area contributed by atoms with Crippen LogP contribution in [0.15, 0.2) is 48.8 Å². The molecule has 2 aromatic carbocycles. The first kappa shape index (κ1) is 18.7. The van der Waals surface area contributed by atoms with Crippen LogP contribution in [0.2, 0.25) is 0 Å². The number of nitro benzene ring substituents is 1. The van der Waals surface area contributed by atoms with Crippen LogP contribution < -0.4 is 5.73 Å². The molecule has 2 aliphatic rings. The van der Waals surface area contributed by atoms with Gasteiger partial charge in [-0.05, 0) is 72.9 Å². The van der Waals surface area contributed by atoms with Crippen molar-refractivity contribution in [1.82, 2.24) is 9.13 Å². The number of non-ortho nitro benzene ring substituents is 1. The van der Waals surface area contributed by atoms with E-state index in [1.807, 2.05) is 23.9 Å². The molecule has 2 N–H and O–H groups in total. The van der Waals surface area contributed by atoms with Crippen LogP contribution in [0, 0.1) is 10.1 Å². The molecule has 0 atom stereocenters. The van der Waals surface area contributed by atoms with Crippen LogP contribution in [0.25, 0.3) is 21.8 Å². The maximum atomic E-state index is 10.8. The van der Waals surface area contributed by atoms with E-state index in [1.54, 1.807) is 12.1 Å². The van der Waals surface area contributed by atoms with E-state index >= 15 is 0 Å². The molecule has 2 fully saturated rings. The van der Waals surface area contributed by atoms with E-state index in [0.717, 1.165) is 40.9 Å². The molecule has 6 heteroatoms. The van der Waals surface area contributed by atoms with Crippen LogP contribution in [0.5, 0.6) is 0 Å².